The molecule has 1 amide bonds. The first-order valence-corrected chi connectivity index (χ1v) is 8.84. The molecule has 0 aromatic heterocycles. The summed E-state index contributed by atoms with van der Waals surface area (Å²) in [5.74, 6) is 1.36. The van der Waals surface area contributed by atoms with Crippen molar-refractivity contribution in [2.45, 2.75) is 19.4 Å². The zero-order chi connectivity index (χ0) is 16.8. The Morgan fingerprint density at radius 1 is 1.29 bits per heavy atom. The molecule has 2 N–H and O–H groups in total. The summed E-state index contributed by atoms with van der Waals surface area (Å²) < 4.78 is 0. The highest BCUT2D eigenvalue weighted by atomic mass is 35.5. The maximum atomic E-state index is 13.3. The Bertz CT molecular complexity index is 804. The number of carbonyl (C=O) groups is 1. The number of hydrogen-bond acceptors (Lipinski definition) is 2. The van der Waals surface area contributed by atoms with Crippen LogP contribution in [0, 0.1) is 18.8 Å². The molecule has 1 heterocycles. The molecule has 1 aliphatic carbocycles. The molecule has 2 aromatic carbocycles. The van der Waals surface area contributed by atoms with Gasteiger partial charge in [0, 0.05) is 29.7 Å². The van der Waals surface area contributed by atoms with Crippen LogP contribution in [0.5, 0.6) is 0 Å². The van der Waals surface area contributed by atoms with Gasteiger partial charge in [0.15, 0.2) is 0 Å². The van der Waals surface area contributed by atoms with Gasteiger partial charge in [-0.05, 0) is 60.1 Å². The van der Waals surface area contributed by atoms with Crippen LogP contribution in [0.2, 0.25) is 5.02 Å². The Morgan fingerprint density at radius 3 is 2.83 bits per heavy atom. The highest BCUT2D eigenvalue weighted by Gasteiger charge is 2.53. The number of nitrogens with two attached hydrogens (primary N) is 1. The van der Waals surface area contributed by atoms with E-state index in [9.17, 15) is 4.79 Å². The Labute approximate surface area is 147 Å². The molecule has 2 aromatic rings. The highest BCUT2D eigenvalue weighted by Crippen LogP contribution is 2.49. The van der Waals surface area contributed by atoms with Crippen LogP contribution in [0.4, 0.5) is 0 Å². The minimum Gasteiger partial charge on any atom is -0.334 e. The zero-order valence-electron chi connectivity index (χ0n) is 13.7. The molecule has 1 saturated carbocycles. The summed E-state index contributed by atoms with van der Waals surface area (Å²) >= 11 is 6.16. The van der Waals surface area contributed by atoms with Crippen molar-refractivity contribution in [3.63, 3.8) is 0 Å². The number of nitrogens with zero attached hydrogens (tertiary/aromatic N) is 1. The second kappa shape index (κ2) is 5.91. The van der Waals surface area contributed by atoms with E-state index in [0.717, 1.165) is 28.8 Å². The monoisotopic (exact) mass is 340 g/mol. The van der Waals surface area contributed by atoms with Crippen LogP contribution in [0.1, 0.15) is 22.3 Å². The van der Waals surface area contributed by atoms with Gasteiger partial charge in [0.2, 0.25) is 0 Å². The van der Waals surface area contributed by atoms with Gasteiger partial charge in [-0.2, -0.15) is 0 Å². The molecule has 3 nitrogen and oxygen atoms in total. The number of rotatable bonds is 3. The maximum Gasteiger partial charge on any atom is 0.254 e. The van der Waals surface area contributed by atoms with E-state index in [0.29, 0.717) is 23.4 Å². The van der Waals surface area contributed by atoms with E-state index in [1.54, 1.807) is 0 Å². The van der Waals surface area contributed by atoms with Gasteiger partial charge in [0.05, 0.1) is 0 Å². The van der Waals surface area contributed by atoms with Gasteiger partial charge in [0.25, 0.3) is 5.91 Å². The quantitative estimate of drug-likeness (QED) is 0.925. The molecule has 2 fully saturated rings. The van der Waals surface area contributed by atoms with E-state index < -0.39 is 0 Å². The summed E-state index contributed by atoms with van der Waals surface area (Å²) in [6, 6.07) is 13.8. The number of benzene rings is 2. The maximum absolute atomic E-state index is 13.3. The van der Waals surface area contributed by atoms with Crippen molar-refractivity contribution in [2.24, 2.45) is 17.6 Å². The molecule has 3 atom stereocenters. The number of amides is 1. The van der Waals surface area contributed by atoms with Crippen LogP contribution in [-0.2, 0) is 0 Å². The van der Waals surface area contributed by atoms with Gasteiger partial charge in [0.1, 0.15) is 0 Å². The number of aryl methyl sites for hydroxylation is 1. The van der Waals surface area contributed by atoms with Gasteiger partial charge in [-0.3, -0.25) is 4.79 Å². The molecular formula is C20H21ClN2O. The summed E-state index contributed by atoms with van der Waals surface area (Å²) in [5.41, 5.74) is 9.73. The van der Waals surface area contributed by atoms with E-state index in [1.165, 1.54) is 6.42 Å². The summed E-state index contributed by atoms with van der Waals surface area (Å²) in [5, 5.41) is 0.677. The normalized spacial score (nSPS) is 24.8. The highest BCUT2D eigenvalue weighted by molar-refractivity contribution is 6.30. The Morgan fingerprint density at radius 2 is 2.08 bits per heavy atom. The lowest BCUT2D eigenvalue weighted by Gasteiger charge is -2.28. The van der Waals surface area contributed by atoms with E-state index >= 15 is 0 Å². The van der Waals surface area contributed by atoms with Crippen LogP contribution in [0.25, 0.3) is 11.1 Å². The topological polar surface area (TPSA) is 46.3 Å². The standard InChI is InChI=1S/C20H21ClN2O/c1-12-4-2-7-16(19(12)13-5-3-6-15(21)8-13)20(24)23-11-14-9-17(14)18(23)10-22/h2-8,14,17-18H,9-11,22H2,1H3/t14-,17-,18-/m1/s1. The lowest BCUT2D eigenvalue weighted by molar-refractivity contribution is 0.0713. The minimum atomic E-state index is 0.0938. The van der Waals surface area contributed by atoms with Crippen LogP contribution < -0.4 is 5.73 Å². The van der Waals surface area contributed by atoms with Gasteiger partial charge < -0.3 is 10.6 Å². The van der Waals surface area contributed by atoms with Crippen LogP contribution >= 0.6 is 11.6 Å². The van der Waals surface area contributed by atoms with Crippen molar-refractivity contribution in [1.29, 1.82) is 0 Å². The van der Waals surface area contributed by atoms with Crippen molar-refractivity contribution >= 4 is 17.5 Å². The van der Waals surface area contributed by atoms with Crippen LogP contribution in [0.15, 0.2) is 42.5 Å². The summed E-state index contributed by atoms with van der Waals surface area (Å²) in [4.78, 5) is 15.2. The van der Waals surface area contributed by atoms with Gasteiger partial charge >= 0.3 is 0 Å². The molecule has 0 unspecified atom stereocenters. The smallest absolute Gasteiger partial charge is 0.254 e. The van der Waals surface area contributed by atoms with Crippen molar-refractivity contribution in [3.05, 3.63) is 58.6 Å². The zero-order valence-corrected chi connectivity index (χ0v) is 14.5. The lowest BCUT2D eigenvalue weighted by atomic mass is 9.94. The number of fused-ring (bicyclic) bond motifs is 1. The number of hydrogen-bond donors (Lipinski definition) is 1. The second-order valence-electron chi connectivity index (χ2n) is 6.93. The van der Waals surface area contributed by atoms with Gasteiger partial charge in [-0.1, -0.05) is 35.9 Å². The molecule has 24 heavy (non-hydrogen) atoms. The summed E-state index contributed by atoms with van der Waals surface area (Å²) in [6.45, 7) is 3.43. The van der Waals surface area contributed by atoms with Crippen molar-refractivity contribution in [3.8, 4) is 11.1 Å². The second-order valence-corrected chi connectivity index (χ2v) is 7.36. The molecule has 0 radical (unpaired) electrons. The number of carbonyl (C=O) groups excluding carboxylic acids is 1. The summed E-state index contributed by atoms with van der Waals surface area (Å²) in [7, 11) is 0. The first-order chi connectivity index (χ1) is 11.6. The van der Waals surface area contributed by atoms with Gasteiger partial charge in [-0.15, -0.1) is 0 Å². The number of piperidine rings is 1. The fourth-order valence-corrected chi connectivity index (χ4v) is 4.33. The fraction of sp³-hybridized carbons (Fsp3) is 0.350. The largest absolute Gasteiger partial charge is 0.334 e. The van der Waals surface area contributed by atoms with E-state index in [1.807, 2.05) is 54.3 Å². The third kappa shape index (κ3) is 2.52. The first-order valence-electron chi connectivity index (χ1n) is 8.46. The molecule has 1 saturated heterocycles. The SMILES string of the molecule is Cc1cccc(C(=O)N2C[C@H]3C[C@H]3[C@H]2CN)c1-c1cccc(Cl)c1. The predicted octanol–water partition coefficient (Wildman–Crippen LogP) is 3.73. The molecular weight excluding hydrogens is 320 g/mol. The van der Waals surface area contributed by atoms with Crippen LogP contribution in [-0.4, -0.2) is 29.9 Å². The third-order valence-corrected chi connectivity index (χ3v) is 5.66. The average Bonchev–Trinajstić information content (AvgIpc) is 3.25. The van der Waals surface area contributed by atoms with Crippen molar-refractivity contribution in [1.82, 2.24) is 4.90 Å². The fourth-order valence-electron chi connectivity index (χ4n) is 4.13. The molecule has 4 heteroatoms. The average molecular weight is 341 g/mol. The third-order valence-electron chi connectivity index (χ3n) is 5.42. The molecule has 1 aliphatic heterocycles. The van der Waals surface area contributed by atoms with E-state index in [-0.39, 0.29) is 11.9 Å². The van der Waals surface area contributed by atoms with Crippen molar-refractivity contribution in [2.75, 3.05) is 13.1 Å². The number of halogens is 1. The molecule has 0 spiro atoms. The Hall–Kier alpha value is -1.84. The summed E-state index contributed by atoms with van der Waals surface area (Å²) in [6.07, 6.45) is 1.22. The van der Waals surface area contributed by atoms with E-state index in [4.69, 9.17) is 17.3 Å². The molecule has 124 valence electrons. The van der Waals surface area contributed by atoms with Crippen LogP contribution in [0.3, 0.4) is 0 Å². The first kappa shape index (κ1) is 15.7. The van der Waals surface area contributed by atoms with Gasteiger partial charge in [-0.25, -0.2) is 0 Å². The van der Waals surface area contributed by atoms with E-state index in [2.05, 4.69) is 0 Å². The molecule has 0 bridgehead atoms. The predicted molar refractivity (Wildman–Crippen MR) is 97.1 cm³/mol. The van der Waals surface area contributed by atoms with Crippen molar-refractivity contribution < 1.29 is 4.79 Å². The Kier molecular flexibility index (Phi) is 3.86. The minimum absolute atomic E-state index is 0.0938. The number of likely N-dealkylation sites (tertiary alicyclic amines) is 1. The molecule has 2 aliphatic rings. The Balaban J connectivity index is 1.76. The molecule has 4 rings (SSSR count). The lowest BCUT2D eigenvalue weighted by Crippen LogP contribution is -2.43.